The van der Waals surface area contributed by atoms with E-state index in [1.807, 2.05) is 0 Å². The first-order chi connectivity index (χ1) is 12.9. The van der Waals surface area contributed by atoms with Crippen LogP contribution in [0.25, 0.3) is 11.3 Å². The van der Waals surface area contributed by atoms with Crippen molar-refractivity contribution >= 4 is 5.91 Å². The molecule has 5 nitrogen and oxygen atoms in total. The largest absolute Gasteiger partial charge is 0.417 e. The summed E-state index contributed by atoms with van der Waals surface area (Å²) in [5.74, 6) is 0.539. The molecule has 3 aliphatic heterocycles. The first kappa shape index (κ1) is 18.0. The van der Waals surface area contributed by atoms with Crippen LogP contribution in [0, 0.1) is 11.8 Å². The number of alkyl halides is 3. The summed E-state index contributed by atoms with van der Waals surface area (Å²) in [5, 5.41) is 6.52. The normalized spacial score (nSPS) is 24.8. The van der Waals surface area contributed by atoms with Crippen LogP contribution in [0.3, 0.4) is 0 Å². The zero-order chi connectivity index (χ0) is 19.0. The van der Waals surface area contributed by atoms with Gasteiger partial charge in [-0.15, -0.1) is 0 Å². The Morgan fingerprint density at radius 1 is 1.26 bits per heavy atom. The molecule has 1 aromatic heterocycles. The first-order valence-electron chi connectivity index (χ1n) is 9.05. The van der Waals surface area contributed by atoms with Crippen molar-refractivity contribution in [1.82, 2.24) is 15.4 Å². The molecule has 3 aliphatic rings. The lowest BCUT2D eigenvalue weighted by atomic mass is 9.79. The molecule has 0 radical (unpaired) electrons. The molecule has 0 aliphatic carbocycles. The maximum Gasteiger partial charge on any atom is 0.417 e. The lowest BCUT2D eigenvalue weighted by Gasteiger charge is -2.44. The zero-order valence-corrected chi connectivity index (χ0v) is 14.6. The molecular formula is C19H20F3N3O2. The van der Waals surface area contributed by atoms with E-state index in [2.05, 4.69) is 15.4 Å². The number of carbonyl (C=O) groups is 1. The van der Waals surface area contributed by atoms with Gasteiger partial charge in [-0.05, 0) is 43.8 Å². The monoisotopic (exact) mass is 379 g/mol. The summed E-state index contributed by atoms with van der Waals surface area (Å²) >= 11 is 0. The predicted octanol–water partition coefficient (Wildman–Crippen LogP) is 3.43. The van der Waals surface area contributed by atoms with E-state index in [9.17, 15) is 18.0 Å². The van der Waals surface area contributed by atoms with Crippen molar-refractivity contribution < 1.29 is 22.5 Å². The third-order valence-electron chi connectivity index (χ3n) is 5.56. The van der Waals surface area contributed by atoms with E-state index in [1.54, 1.807) is 0 Å². The van der Waals surface area contributed by atoms with Gasteiger partial charge in [-0.3, -0.25) is 4.79 Å². The molecule has 1 atom stereocenters. The minimum atomic E-state index is -4.51. The van der Waals surface area contributed by atoms with E-state index in [0.29, 0.717) is 18.4 Å². The van der Waals surface area contributed by atoms with Crippen molar-refractivity contribution in [3.8, 4) is 11.3 Å². The molecule has 1 unspecified atom stereocenters. The maximum absolute atomic E-state index is 13.2. The second kappa shape index (κ2) is 6.99. The van der Waals surface area contributed by atoms with E-state index in [0.717, 1.165) is 38.5 Å². The average molecular weight is 379 g/mol. The van der Waals surface area contributed by atoms with Crippen molar-refractivity contribution in [1.29, 1.82) is 0 Å². The Bertz CT molecular complexity index is 826. The molecule has 4 heterocycles. The number of fused-ring (bicyclic) bond motifs is 3. The van der Waals surface area contributed by atoms with Crippen LogP contribution in [0.1, 0.15) is 28.9 Å². The molecule has 5 rings (SSSR count). The van der Waals surface area contributed by atoms with Gasteiger partial charge in [0.1, 0.15) is 0 Å². The van der Waals surface area contributed by atoms with E-state index in [-0.39, 0.29) is 17.0 Å². The highest BCUT2D eigenvalue weighted by molar-refractivity contribution is 5.93. The van der Waals surface area contributed by atoms with Crippen molar-refractivity contribution in [2.75, 3.05) is 26.2 Å². The number of carbonyl (C=O) groups excluding carboxylic acids is 1. The lowest BCUT2D eigenvalue weighted by Crippen LogP contribution is -2.50. The average Bonchev–Trinajstić information content (AvgIpc) is 3.16. The summed E-state index contributed by atoms with van der Waals surface area (Å²) < 4.78 is 44.5. The van der Waals surface area contributed by atoms with Gasteiger partial charge in [0.2, 0.25) is 0 Å². The van der Waals surface area contributed by atoms with Crippen LogP contribution in [0.2, 0.25) is 0 Å². The molecule has 8 heteroatoms. The Labute approximate surface area is 154 Å². The van der Waals surface area contributed by atoms with Crippen LogP contribution in [-0.2, 0) is 6.18 Å². The SMILES string of the molecule is O=C(NCC1CN2CCC1CC2)c1cc(-c2ccccc2C(F)(F)F)on1. The smallest absolute Gasteiger partial charge is 0.355 e. The number of piperidine rings is 3. The van der Waals surface area contributed by atoms with Crippen molar-refractivity contribution in [2.45, 2.75) is 19.0 Å². The summed E-state index contributed by atoms with van der Waals surface area (Å²) in [7, 11) is 0. The first-order valence-corrected chi connectivity index (χ1v) is 9.05. The summed E-state index contributed by atoms with van der Waals surface area (Å²) in [5.41, 5.74) is -0.961. The summed E-state index contributed by atoms with van der Waals surface area (Å²) in [6.45, 7) is 3.77. The molecule has 0 saturated carbocycles. The maximum atomic E-state index is 13.2. The Hall–Kier alpha value is -2.35. The number of hydrogen-bond acceptors (Lipinski definition) is 4. The predicted molar refractivity (Wildman–Crippen MR) is 91.9 cm³/mol. The molecule has 144 valence electrons. The standard InChI is InChI=1S/C19H20F3N3O2/c20-19(21,22)15-4-2-1-3-14(15)17-9-16(24-27-17)18(26)23-10-13-11-25-7-5-12(13)6-8-25/h1-4,9,12-13H,5-8,10-11H2,(H,23,26). The number of nitrogens with zero attached hydrogens (tertiary/aromatic N) is 2. The Kier molecular flexibility index (Phi) is 4.67. The van der Waals surface area contributed by atoms with Gasteiger partial charge in [0.05, 0.1) is 5.56 Å². The van der Waals surface area contributed by atoms with Crippen LogP contribution in [0.4, 0.5) is 13.2 Å². The molecule has 3 fully saturated rings. The highest BCUT2D eigenvalue weighted by atomic mass is 19.4. The molecule has 1 aromatic carbocycles. The molecule has 2 aromatic rings. The van der Waals surface area contributed by atoms with Crippen LogP contribution in [0.15, 0.2) is 34.9 Å². The highest BCUT2D eigenvalue weighted by Gasteiger charge is 2.35. The topological polar surface area (TPSA) is 58.4 Å². The van der Waals surface area contributed by atoms with Gasteiger partial charge < -0.3 is 14.7 Å². The number of rotatable bonds is 4. The Morgan fingerprint density at radius 3 is 2.67 bits per heavy atom. The van der Waals surface area contributed by atoms with Crippen molar-refractivity contribution in [2.24, 2.45) is 11.8 Å². The summed E-state index contributed by atoms with van der Waals surface area (Å²) in [4.78, 5) is 14.8. The van der Waals surface area contributed by atoms with Crippen LogP contribution >= 0.6 is 0 Å². The molecular weight excluding hydrogens is 359 g/mol. The van der Waals surface area contributed by atoms with Gasteiger partial charge in [-0.25, -0.2) is 0 Å². The van der Waals surface area contributed by atoms with E-state index in [1.165, 1.54) is 24.3 Å². The number of halogens is 3. The number of nitrogens with one attached hydrogen (secondary N) is 1. The molecule has 1 amide bonds. The van der Waals surface area contributed by atoms with Gasteiger partial charge in [-0.1, -0.05) is 23.4 Å². The quantitative estimate of drug-likeness (QED) is 0.884. The van der Waals surface area contributed by atoms with Gasteiger partial charge in [0, 0.05) is 24.7 Å². The fourth-order valence-electron chi connectivity index (χ4n) is 4.09. The second-order valence-corrected chi connectivity index (χ2v) is 7.23. The lowest BCUT2D eigenvalue weighted by molar-refractivity contribution is -0.137. The summed E-state index contributed by atoms with van der Waals surface area (Å²) in [6.07, 6.45) is -2.20. The van der Waals surface area contributed by atoms with Crippen molar-refractivity contribution in [3.05, 3.63) is 41.6 Å². The number of amides is 1. The van der Waals surface area contributed by atoms with Crippen molar-refractivity contribution in [3.63, 3.8) is 0 Å². The van der Waals surface area contributed by atoms with Crippen LogP contribution < -0.4 is 5.32 Å². The molecule has 1 N–H and O–H groups in total. The molecule has 2 bridgehead atoms. The molecule has 0 spiro atoms. The number of benzene rings is 1. The van der Waals surface area contributed by atoms with Gasteiger partial charge in [-0.2, -0.15) is 13.2 Å². The number of hydrogen-bond donors (Lipinski definition) is 1. The van der Waals surface area contributed by atoms with Gasteiger partial charge in [0.25, 0.3) is 5.91 Å². The fraction of sp³-hybridized carbons (Fsp3) is 0.474. The highest BCUT2D eigenvalue weighted by Crippen LogP contribution is 2.37. The fourth-order valence-corrected chi connectivity index (χ4v) is 4.09. The van der Waals surface area contributed by atoms with Crippen LogP contribution in [-0.4, -0.2) is 42.1 Å². The number of aromatic nitrogens is 1. The van der Waals surface area contributed by atoms with Gasteiger partial charge >= 0.3 is 6.18 Å². The van der Waals surface area contributed by atoms with E-state index in [4.69, 9.17) is 4.52 Å². The van der Waals surface area contributed by atoms with E-state index >= 15 is 0 Å². The molecule has 27 heavy (non-hydrogen) atoms. The Morgan fingerprint density at radius 2 is 2.00 bits per heavy atom. The van der Waals surface area contributed by atoms with Gasteiger partial charge in [0.15, 0.2) is 11.5 Å². The minimum Gasteiger partial charge on any atom is -0.355 e. The Balaban J connectivity index is 1.44. The van der Waals surface area contributed by atoms with E-state index < -0.39 is 17.6 Å². The summed E-state index contributed by atoms with van der Waals surface area (Å²) in [6, 6.07) is 6.34. The zero-order valence-electron chi connectivity index (χ0n) is 14.6. The van der Waals surface area contributed by atoms with Crippen LogP contribution in [0.5, 0.6) is 0 Å². The second-order valence-electron chi connectivity index (χ2n) is 7.23. The molecule has 3 saturated heterocycles. The third-order valence-corrected chi connectivity index (χ3v) is 5.56. The third kappa shape index (κ3) is 3.71. The minimum absolute atomic E-state index is 0.0109.